The zero-order valence-corrected chi connectivity index (χ0v) is 9.05. The van der Waals surface area contributed by atoms with Crippen LogP contribution in [0.25, 0.3) is 0 Å². The SMILES string of the molecule is O[C@H]1CCCOc2c(Br)ccc(F)c21. The maximum Gasteiger partial charge on any atom is 0.142 e. The molecule has 0 saturated heterocycles. The molecule has 14 heavy (non-hydrogen) atoms. The molecule has 0 aliphatic carbocycles. The van der Waals surface area contributed by atoms with E-state index >= 15 is 0 Å². The predicted octanol–water partition coefficient (Wildman–Crippen LogP) is 2.79. The number of rotatable bonds is 0. The maximum atomic E-state index is 13.4. The number of halogens is 2. The first-order chi connectivity index (χ1) is 6.70. The minimum Gasteiger partial charge on any atom is -0.492 e. The summed E-state index contributed by atoms with van der Waals surface area (Å²) in [5.74, 6) is 0.0348. The van der Waals surface area contributed by atoms with E-state index in [9.17, 15) is 9.50 Å². The van der Waals surface area contributed by atoms with Gasteiger partial charge in [0, 0.05) is 0 Å². The lowest BCUT2D eigenvalue weighted by atomic mass is 10.0. The first-order valence-corrected chi connectivity index (χ1v) is 5.28. The van der Waals surface area contributed by atoms with E-state index in [1.807, 2.05) is 0 Å². The summed E-state index contributed by atoms with van der Waals surface area (Å²) >= 11 is 3.28. The van der Waals surface area contributed by atoms with Gasteiger partial charge in [0.15, 0.2) is 0 Å². The Hall–Kier alpha value is -0.610. The van der Waals surface area contributed by atoms with E-state index in [-0.39, 0.29) is 5.56 Å². The molecule has 2 rings (SSSR count). The fourth-order valence-electron chi connectivity index (χ4n) is 1.60. The third kappa shape index (κ3) is 1.64. The summed E-state index contributed by atoms with van der Waals surface area (Å²) in [7, 11) is 0. The summed E-state index contributed by atoms with van der Waals surface area (Å²) < 4.78 is 19.5. The molecule has 1 aliphatic heterocycles. The summed E-state index contributed by atoms with van der Waals surface area (Å²) in [5, 5.41) is 9.71. The van der Waals surface area contributed by atoms with Crippen LogP contribution in [0, 0.1) is 5.82 Å². The second kappa shape index (κ2) is 3.87. The maximum absolute atomic E-state index is 13.4. The molecule has 0 fully saturated rings. The van der Waals surface area contributed by atoms with Gasteiger partial charge in [-0.05, 0) is 40.9 Å². The highest BCUT2D eigenvalue weighted by Crippen LogP contribution is 2.38. The third-order valence-electron chi connectivity index (χ3n) is 2.30. The topological polar surface area (TPSA) is 29.5 Å². The van der Waals surface area contributed by atoms with E-state index < -0.39 is 11.9 Å². The van der Waals surface area contributed by atoms with Gasteiger partial charge >= 0.3 is 0 Å². The molecule has 0 bridgehead atoms. The Morgan fingerprint density at radius 3 is 3.07 bits per heavy atom. The molecule has 1 N–H and O–H groups in total. The molecule has 0 aromatic heterocycles. The molecular formula is C10H10BrFO2. The highest BCUT2D eigenvalue weighted by atomic mass is 79.9. The van der Waals surface area contributed by atoms with Crippen LogP contribution in [0.5, 0.6) is 5.75 Å². The summed E-state index contributed by atoms with van der Waals surface area (Å²) in [5.41, 5.74) is 0.275. The molecule has 1 aliphatic rings. The average molecular weight is 261 g/mol. The number of hydrogen-bond donors (Lipinski definition) is 1. The van der Waals surface area contributed by atoms with Crippen LogP contribution in [0.4, 0.5) is 4.39 Å². The molecule has 0 unspecified atom stereocenters. The number of hydrogen-bond acceptors (Lipinski definition) is 2. The molecule has 2 nitrogen and oxygen atoms in total. The standard InChI is InChI=1S/C10H10BrFO2/c11-6-3-4-7(12)9-8(13)2-1-5-14-10(6)9/h3-4,8,13H,1-2,5H2/t8-/m0/s1. The smallest absolute Gasteiger partial charge is 0.142 e. The van der Waals surface area contributed by atoms with Crippen molar-refractivity contribution < 1.29 is 14.2 Å². The van der Waals surface area contributed by atoms with Crippen molar-refractivity contribution >= 4 is 15.9 Å². The molecular weight excluding hydrogens is 251 g/mol. The van der Waals surface area contributed by atoms with Crippen molar-refractivity contribution in [2.24, 2.45) is 0 Å². The molecule has 1 atom stereocenters. The minimum absolute atomic E-state index is 0.275. The Labute approximate surface area is 89.8 Å². The molecule has 1 aromatic carbocycles. The minimum atomic E-state index is -0.759. The van der Waals surface area contributed by atoms with E-state index in [1.54, 1.807) is 6.07 Å². The average Bonchev–Trinajstić information content (AvgIpc) is 2.35. The van der Waals surface area contributed by atoms with Crippen molar-refractivity contribution in [3.8, 4) is 5.75 Å². The van der Waals surface area contributed by atoms with Gasteiger partial charge in [0.25, 0.3) is 0 Å². The second-order valence-corrected chi connectivity index (χ2v) is 4.13. The van der Waals surface area contributed by atoms with Crippen molar-refractivity contribution in [2.45, 2.75) is 18.9 Å². The summed E-state index contributed by atoms with van der Waals surface area (Å²) in [6.07, 6.45) is 0.521. The van der Waals surface area contributed by atoms with Gasteiger partial charge in [-0.15, -0.1) is 0 Å². The fourth-order valence-corrected chi connectivity index (χ4v) is 2.06. The van der Waals surface area contributed by atoms with Gasteiger partial charge in [-0.2, -0.15) is 0 Å². The van der Waals surface area contributed by atoms with Crippen LogP contribution in [-0.4, -0.2) is 11.7 Å². The zero-order chi connectivity index (χ0) is 10.1. The highest BCUT2D eigenvalue weighted by molar-refractivity contribution is 9.10. The lowest BCUT2D eigenvalue weighted by Gasteiger charge is -2.13. The lowest BCUT2D eigenvalue weighted by Crippen LogP contribution is -2.00. The van der Waals surface area contributed by atoms with Crippen molar-refractivity contribution in [1.29, 1.82) is 0 Å². The molecule has 0 radical (unpaired) electrons. The van der Waals surface area contributed by atoms with Crippen LogP contribution in [0.3, 0.4) is 0 Å². The summed E-state index contributed by atoms with van der Waals surface area (Å²) in [6, 6.07) is 2.92. The first-order valence-electron chi connectivity index (χ1n) is 4.49. The predicted molar refractivity (Wildman–Crippen MR) is 53.8 cm³/mol. The van der Waals surface area contributed by atoms with E-state index in [0.29, 0.717) is 23.2 Å². The summed E-state index contributed by atoms with van der Waals surface area (Å²) in [6.45, 7) is 0.520. The lowest BCUT2D eigenvalue weighted by molar-refractivity contribution is 0.163. The van der Waals surface area contributed by atoms with Gasteiger partial charge in [0.05, 0.1) is 22.7 Å². The zero-order valence-electron chi connectivity index (χ0n) is 7.46. The van der Waals surface area contributed by atoms with Crippen molar-refractivity contribution in [3.63, 3.8) is 0 Å². The van der Waals surface area contributed by atoms with Gasteiger partial charge < -0.3 is 9.84 Å². The highest BCUT2D eigenvalue weighted by Gasteiger charge is 2.23. The van der Waals surface area contributed by atoms with E-state index in [0.717, 1.165) is 6.42 Å². The van der Waals surface area contributed by atoms with Crippen LogP contribution in [-0.2, 0) is 0 Å². The molecule has 1 aromatic rings. The molecule has 4 heteroatoms. The normalized spacial score (nSPS) is 20.9. The van der Waals surface area contributed by atoms with Crippen LogP contribution >= 0.6 is 15.9 Å². The fraction of sp³-hybridized carbons (Fsp3) is 0.400. The van der Waals surface area contributed by atoms with E-state index in [2.05, 4.69) is 15.9 Å². The number of aliphatic hydroxyl groups excluding tert-OH is 1. The Balaban J connectivity index is 2.57. The number of fused-ring (bicyclic) bond motifs is 1. The quantitative estimate of drug-likeness (QED) is 0.778. The molecule has 76 valence electrons. The molecule has 1 heterocycles. The van der Waals surface area contributed by atoms with Gasteiger partial charge in [0.1, 0.15) is 11.6 Å². The van der Waals surface area contributed by atoms with Crippen LogP contribution in [0.2, 0.25) is 0 Å². The summed E-state index contributed by atoms with van der Waals surface area (Å²) in [4.78, 5) is 0. The third-order valence-corrected chi connectivity index (χ3v) is 2.92. The largest absolute Gasteiger partial charge is 0.492 e. The van der Waals surface area contributed by atoms with Gasteiger partial charge in [-0.25, -0.2) is 4.39 Å². The van der Waals surface area contributed by atoms with Crippen LogP contribution in [0.15, 0.2) is 16.6 Å². The Morgan fingerprint density at radius 2 is 2.29 bits per heavy atom. The van der Waals surface area contributed by atoms with Gasteiger partial charge in [-0.1, -0.05) is 0 Å². The van der Waals surface area contributed by atoms with E-state index in [4.69, 9.17) is 4.74 Å². The molecule has 0 spiro atoms. The Kier molecular flexibility index (Phi) is 2.74. The van der Waals surface area contributed by atoms with Gasteiger partial charge in [0.2, 0.25) is 0 Å². The number of aliphatic hydroxyl groups is 1. The number of ether oxygens (including phenoxy) is 1. The first kappa shape index (κ1) is 9.93. The van der Waals surface area contributed by atoms with Crippen molar-refractivity contribution in [3.05, 3.63) is 28.0 Å². The van der Waals surface area contributed by atoms with Crippen LogP contribution < -0.4 is 4.74 Å². The second-order valence-electron chi connectivity index (χ2n) is 3.28. The van der Waals surface area contributed by atoms with Gasteiger partial charge in [-0.3, -0.25) is 0 Å². The Bertz CT molecular complexity index is 354. The van der Waals surface area contributed by atoms with E-state index in [1.165, 1.54) is 6.07 Å². The monoisotopic (exact) mass is 260 g/mol. The van der Waals surface area contributed by atoms with Crippen LogP contribution in [0.1, 0.15) is 24.5 Å². The van der Waals surface area contributed by atoms with Crippen molar-refractivity contribution in [1.82, 2.24) is 0 Å². The Morgan fingerprint density at radius 1 is 1.50 bits per heavy atom. The molecule has 0 amide bonds. The number of benzene rings is 1. The molecule has 0 saturated carbocycles. The van der Waals surface area contributed by atoms with Crippen molar-refractivity contribution in [2.75, 3.05) is 6.61 Å².